The SMILES string of the molecule is CC1(C)CN(C(CN)c2cccc(F)c2F)CCS1. The Morgan fingerprint density at radius 1 is 1.42 bits per heavy atom. The van der Waals surface area contributed by atoms with Crippen LogP contribution in [0.3, 0.4) is 0 Å². The van der Waals surface area contributed by atoms with Crippen LogP contribution in [-0.2, 0) is 0 Å². The minimum Gasteiger partial charge on any atom is -0.329 e. The van der Waals surface area contributed by atoms with E-state index in [1.165, 1.54) is 0 Å². The summed E-state index contributed by atoms with van der Waals surface area (Å²) in [5.74, 6) is -0.587. The van der Waals surface area contributed by atoms with Gasteiger partial charge in [-0.2, -0.15) is 11.8 Å². The summed E-state index contributed by atoms with van der Waals surface area (Å²) in [6.45, 7) is 6.31. The predicted octanol–water partition coefficient (Wildman–Crippen LogP) is 2.79. The van der Waals surface area contributed by atoms with Crippen molar-refractivity contribution in [1.29, 1.82) is 0 Å². The van der Waals surface area contributed by atoms with Gasteiger partial charge in [-0.15, -0.1) is 0 Å². The molecule has 1 saturated heterocycles. The van der Waals surface area contributed by atoms with Crippen molar-refractivity contribution >= 4 is 11.8 Å². The highest BCUT2D eigenvalue weighted by molar-refractivity contribution is 8.00. The summed E-state index contributed by atoms with van der Waals surface area (Å²) in [6.07, 6.45) is 0. The molecule has 0 bridgehead atoms. The van der Waals surface area contributed by atoms with Crippen molar-refractivity contribution in [1.82, 2.24) is 4.90 Å². The first-order chi connectivity index (χ1) is 8.94. The zero-order chi connectivity index (χ0) is 14.0. The van der Waals surface area contributed by atoms with E-state index in [-0.39, 0.29) is 10.8 Å². The number of thioether (sulfide) groups is 1. The first-order valence-electron chi connectivity index (χ1n) is 6.46. The molecule has 1 aliphatic rings. The van der Waals surface area contributed by atoms with Crippen LogP contribution in [0.1, 0.15) is 25.5 Å². The highest BCUT2D eigenvalue weighted by atomic mass is 32.2. The molecule has 1 aromatic rings. The van der Waals surface area contributed by atoms with Crippen molar-refractivity contribution in [2.24, 2.45) is 5.73 Å². The fourth-order valence-corrected chi connectivity index (χ4v) is 3.71. The zero-order valence-electron chi connectivity index (χ0n) is 11.3. The molecule has 1 fully saturated rings. The highest BCUT2D eigenvalue weighted by Gasteiger charge is 2.32. The van der Waals surface area contributed by atoms with Crippen molar-refractivity contribution in [3.63, 3.8) is 0 Å². The van der Waals surface area contributed by atoms with E-state index in [1.54, 1.807) is 12.1 Å². The monoisotopic (exact) mass is 286 g/mol. The normalized spacial score (nSPS) is 21.3. The Kier molecular flexibility index (Phi) is 4.48. The second kappa shape index (κ2) is 5.77. The second-order valence-corrected chi connectivity index (χ2v) is 7.28. The van der Waals surface area contributed by atoms with Gasteiger partial charge in [-0.25, -0.2) is 8.78 Å². The van der Waals surface area contributed by atoms with Gasteiger partial charge in [0, 0.05) is 35.7 Å². The van der Waals surface area contributed by atoms with Gasteiger partial charge in [0.05, 0.1) is 6.04 Å². The van der Waals surface area contributed by atoms with E-state index in [1.807, 2.05) is 11.8 Å². The van der Waals surface area contributed by atoms with Gasteiger partial charge in [0.2, 0.25) is 0 Å². The molecule has 0 amide bonds. The molecule has 0 saturated carbocycles. The third-order valence-corrected chi connectivity index (χ3v) is 4.76. The molecule has 1 atom stereocenters. The molecule has 2 N–H and O–H groups in total. The van der Waals surface area contributed by atoms with Crippen molar-refractivity contribution in [3.05, 3.63) is 35.4 Å². The Hall–Kier alpha value is -0.650. The first-order valence-corrected chi connectivity index (χ1v) is 7.45. The van der Waals surface area contributed by atoms with Crippen LogP contribution in [0.5, 0.6) is 0 Å². The molecule has 19 heavy (non-hydrogen) atoms. The summed E-state index contributed by atoms with van der Waals surface area (Å²) in [4.78, 5) is 2.16. The van der Waals surface area contributed by atoms with Gasteiger partial charge in [0.25, 0.3) is 0 Å². The van der Waals surface area contributed by atoms with Gasteiger partial charge < -0.3 is 5.73 Å². The standard InChI is InChI=1S/C14H20F2N2S/c1-14(2)9-18(6-7-19-14)12(8-17)10-4-3-5-11(15)13(10)16/h3-5,12H,6-9,17H2,1-2H3. The maximum absolute atomic E-state index is 13.9. The van der Waals surface area contributed by atoms with Crippen LogP contribution < -0.4 is 5.73 Å². The van der Waals surface area contributed by atoms with Crippen molar-refractivity contribution < 1.29 is 8.78 Å². The number of benzene rings is 1. The van der Waals surface area contributed by atoms with Crippen LogP contribution in [0.25, 0.3) is 0 Å². The molecular weight excluding hydrogens is 266 g/mol. The highest BCUT2D eigenvalue weighted by Crippen LogP contribution is 2.34. The molecule has 0 spiro atoms. The fraction of sp³-hybridized carbons (Fsp3) is 0.571. The summed E-state index contributed by atoms with van der Waals surface area (Å²) >= 11 is 1.90. The molecule has 1 aliphatic heterocycles. The molecule has 2 rings (SSSR count). The number of nitrogens with two attached hydrogens (primary N) is 1. The van der Waals surface area contributed by atoms with Crippen molar-refractivity contribution in [2.75, 3.05) is 25.4 Å². The van der Waals surface area contributed by atoms with E-state index in [9.17, 15) is 8.78 Å². The van der Waals surface area contributed by atoms with Crippen molar-refractivity contribution in [3.8, 4) is 0 Å². The number of rotatable bonds is 3. The van der Waals surface area contributed by atoms with Crippen molar-refractivity contribution in [2.45, 2.75) is 24.6 Å². The number of halogens is 2. The molecule has 5 heteroatoms. The first kappa shape index (κ1) is 14.8. The molecule has 0 radical (unpaired) electrons. The maximum Gasteiger partial charge on any atom is 0.163 e. The Labute approximate surface area is 117 Å². The van der Waals surface area contributed by atoms with Gasteiger partial charge in [0.1, 0.15) is 0 Å². The van der Waals surface area contributed by atoms with Gasteiger partial charge in [0.15, 0.2) is 11.6 Å². The lowest BCUT2D eigenvalue weighted by molar-refractivity contribution is 0.188. The average Bonchev–Trinajstić information content (AvgIpc) is 2.34. The number of nitrogens with zero attached hydrogens (tertiary/aromatic N) is 1. The van der Waals surface area contributed by atoms with Crippen LogP contribution in [0.2, 0.25) is 0 Å². The summed E-state index contributed by atoms with van der Waals surface area (Å²) in [6, 6.07) is 4.06. The van der Waals surface area contributed by atoms with E-state index in [4.69, 9.17) is 5.73 Å². The van der Waals surface area contributed by atoms with Crippen LogP contribution in [0.4, 0.5) is 8.78 Å². The summed E-state index contributed by atoms with van der Waals surface area (Å²) in [5.41, 5.74) is 6.17. The van der Waals surface area contributed by atoms with Crippen LogP contribution >= 0.6 is 11.8 Å². The van der Waals surface area contributed by atoms with Gasteiger partial charge >= 0.3 is 0 Å². The van der Waals surface area contributed by atoms with E-state index < -0.39 is 11.6 Å². The summed E-state index contributed by atoms with van der Waals surface area (Å²) in [5, 5.41) is 0. The minimum atomic E-state index is -0.804. The molecule has 1 heterocycles. The van der Waals surface area contributed by atoms with Gasteiger partial charge in [-0.05, 0) is 19.9 Å². The molecular formula is C14H20F2N2S. The molecule has 106 valence electrons. The minimum absolute atomic E-state index is 0.121. The zero-order valence-corrected chi connectivity index (χ0v) is 12.1. The van der Waals surface area contributed by atoms with Crippen LogP contribution in [-0.4, -0.2) is 35.0 Å². The Morgan fingerprint density at radius 2 is 2.16 bits per heavy atom. The smallest absolute Gasteiger partial charge is 0.163 e. The molecule has 0 aromatic heterocycles. The number of hydrogen-bond donors (Lipinski definition) is 1. The Balaban J connectivity index is 2.27. The van der Waals surface area contributed by atoms with Crippen LogP contribution in [0.15, 0.2) is 18.2 Å². The largest absolute Gasteiger partial charge is 0.329 e. The maximum atomic E-state index is 13.9. The molecule has 1 unspecified atom stereocenters. The Morgan fingerprint density at radius 3 is 2.79 bits per heavy atom. The quantitative estimate of drug-likeness (QED) is 0.926. The predicted molar refractivity (Wildman–Crippen MR) is 76.3 cm³/mol. The summed E-state index contributed by atoms with van der Waals surface area (Å²) < 4.78 is 27.4. The van der Waals surface area contributed by atoms with E-state index >= 15 is 0 Å². The molecule has 1 aromatic carbocycles. The number of hydrogen-bond acceptors (Lipinski definition) is 3. The van der Waals surface area contributed by atoms with Gasteiger partial charge in [-0.3, -0.25) is 4.90 Å². The lowest BCUT2D eigenvalue weighted by atomic mass is 10.0. The lowest BCUT2D eigenvalue weighted by Gasteiger charge is -2.41. The molecule has 0 aliphatic carbocycles. The van der Waals surface area contributed by atoms with E-state index in [2.05, 4.69) is 18.7 Å². The topological polar surface area (TPSA) is 29.3 Å². The third-order valence-electron chi connectivity index (χ3n) is 3.46. The third kappa shape index (κ3) is 3.27. The average molecular weight is 286 g/mol. The second-order valence-electron chi connectivity index (χ2n) is 5.47. The summed E-state index contributed by atoms with van der Waals surface area (Å²) in [7, 11) is 0. The molecule has 2 nitrogen and oxygen atoms in total. The Bertz CT molecular complexity index is 451. The lowest BCUT2D eigenvalue weighted by Crippen LogP contribution is -2.46. The van der Waals surface area contributed by atoms with Gasteiger partial charge in [-0.1, -0.05) is 12.1 Å². The van der Waals surface area contributed by atoms with E-state index in [0.29, 0.717) is 12.1 Å². The van der Waals surface area contributed by atoms with Crippen LogP contribution in [0, 0.1) is 11.6 Å². The fourth-order valence-electron chi connectivity index (χ4n) is 2.57. The van der Waals surface area contributed by atoms with E-state index in [0.717, 1.165) is 24.9 Å².